The highest BCUT2D eigenvalue weighted by Gasteiger charge is 2.33. The zero-order valence-corrected chi connectivity index (χ0v) is 17.1. The van der Waals surface area contributed by atoms with Crippen molar-refractivity contribution in [3.63, 3.8) is 0 Å². The lowest BCUT2D eigenvalue weighted by atomic mass is 10.0. The minimum atomic E-state index is -1.70. The predicted molar refractivity (Wildman–Crippen MR) is 97.1 cm³/mol. The molecule has 0 aliphatic heterocycles. The van der Waals surface area contributed by atoms with Crippen LogP contribution in [0.4, 0.5) is 0 Å². The first-order valence-electron chi connectivity index (χ1n) is 7.63. The van der Waals surface area contributed by atoms with E-state index in [2.05, 4.69) is 52.3 Å². The molecule has 120 valence electrons. The van der Waals surface area contributed by atoms with E-state index in [-0.39, 0.29) is 12.2 Å². The first kappa shape index (κ1) is 18.9. The number of rotatable bonds is 7. The van der Waals surface area contributed by atoms with Crippen LogP contribution in [0.25, 0.3) is 0 Å². The highest BCUT2D eigenvalue weighted by atomic mass is 35.5. The van der Waals surface area contributed by atoms with Crippen molar-refractivity contribution in [1.82, 2.24) is 0 Å². The van der Waals surface area contributed by atoms with Gasteiger partial charge < -0.3 is 8.85 Å². The van der Waals surface area contributed by atoms with Crippen LogP contribution in [0, 0.1) is 0 Å². The average molecular weight is 345 g/mol. The van der Waals surface area contributed by atoms with Gasteiger partial charge in [-0.1, -0.05) is 36.7 Å². The minimum absolute atomic E-state index is 0.0586. The molecule has 5 heteroatoms. The molecule has 0 saturated heterocycles. The molecule has 0 aliphatic carbocycles. The molecule has 0 saturated carbocycles. The third-order valence-electron chi connectivity index (χ3n) is 2.94. The summed E-state index contributed by atoms with van der Waals surface area (Å²) in [5.74, 6) is 0. The van der Waals surface area contributed by atoms with E-state index in [0.29, 0.717) is 0 Å². The summed E-state index contributed by atoms with van der Waals surface area (Å²) >= 11 is 6.41. The van der Waals surface area contributed by atoms with Crippen molar-refractivity contribution in [3.8, 4) is 0 Å². The van der Waals surface area contributed by atoms with E-state index < -0.39 is 16.6 Å². The van der Waals surface area contributed by atoms with Crippen molar-refractivity contribution in [1.29, 1.82) is 0 Å². The molecule has 21 heavy (non-hydrogen) atoms. The van der Waals surface area contributed by atoms with Crippen LogP contribution in [0.2, 0.25) is 44.3 Å². The van der Waals surface area contributed by atoms with Crippen molar-refractivity contribution in [3.05, 3.63) is 34.9 Å². The number of halogens is 1. The Hall–Kier alpha value is -0.136. The van der Waals surface area contributed by atoms with Gasteiger partial charge in [-0.25, -0.2) is 0 Å². The van der Waals surface area contributed by atoms with Crippen LogP contribution in [-0.4, -0.2) is 22.7 Å². The summed E-state index contributed by atoms with van der Waals surface area (Å²) in [6.45, 7) is 15.4. The summed E-state index contributed by atoms with van der Waals surface area (Å²) in [7, 11) is -3.34. The van der Waals surface area contributed by atoms with Crippen LogP contribution < -0.4 is 0 Å². The topological polar surface area (TPSA) is 18.5 Å². The highest BCUT2D eigenvalue weighted by Crippen LogP contribution is 2.34. The Bertz CT molecular complexity index is 452. The van der Waals surface area contributed by atoms with Gasteiger partial charge in [0.25, 0.3) is 0 Å². The molecule has 0 aromatic heterocycles. The van der Waals surface area contributed by atoms with Gasteiger partial charge in [0.15, 0.2) is 16.6 Å². The van der Waals surface area contributed by atoms with E-state index in [1.54, 1.807) is 0 Å². The van der Waals surface area contributed by atoms with Gasteiger partial charge in [-0.05, 0) is 51.8 Å². The van der Waals surface area contributed by atoms with Crippen LogP contribution in [0.15, 0.2) is 24.3 Å². The maximum atomic E-state index is 6.46. The molecule has 2 atom stereocenters. The van der Waals surface area contributed by atoms with Gasteiger partial charge in [-0.3, -0.25) is 0 Å². The second-order valence-corrected chi connectivity index (χ2v) is 16.7. The zero-order chi connectivity index (χ0) is 16.3. The van der Waals surface area contributed by atoms with E-state index >= 15 is 0 Å². The Labute approximate surface area is 137 Å². The summed E-state index contributed by atoms with van der Waals surface area (Å²) in [4.78, 5) is 0. The van der Waals surface area contributed by atoms with Crippen LogP contribution in [0.1, 0.15) is 25.0 Å². The second-order valence-electron chi connectivity index (χ2n) is 7.35. The minimum Gasteiger partial charge on any atom is -0.412 e. The van der Waals surface area contributed by atoms with Crippen molar-refractivity contribution < 1.29 is 8.85 Å². The highest BCUT2D eigenvalue weighted by molar-refractivity contribution is 6.70. The fourth-order valence-electron chi connectivity index (χ4n) is 2.24. The maximum Gasteiger partial charge on any atom is 0.184 e. The first-order chi connectivity index (χ1) is 9.53. The van der Waals surface area contributed by atoms with Crippen LogP contribution in [0.3, 0.4) is 0 Å². The van der Waals surface area contributed by atoms with Gasteiger partial charge in [0.1, 0.15) is 0 Å². The Balaban J connectivity index is 3.15. The predicted octanol–water partition coefficient (Wildman–Crippen LogP) is 5.86. The standard InChI is InChI=1S/C16H29ClO2Si2/c1-8-15(18-20(2,3)4)16(19-21(5,6)7)13-11-9-10-12-14(13)17/h9-12,15-16H,8H2,1-7H3/t15?,16-/m0/s1. The van der Waals surface area contributed by atoms with E-state index in [1.165, 1.54) is 0 Å². The van der Waals surface area contributed by atoms with Gasteiger partial charge in [-0.15, -0.1) is 0 Å². The molecule has 2 nitrogen and oxygen atoms in total. The Morgan fingerprint density at radius 1 is 0.952 bits per heavy atom. The Morgan fingerprint density at radius 3 is 1.90 bits per heavy atom. The summed E-state index contributed by atoms with van der Waals surface area (Å²) in [6.07, 6.45) is 0.898. The third kappa shape index (κ3) is 6.65. The lowest BCUT2D eigenvalue weighted by Crippen LogP contribution is -2.40. The normalized spacial score (nSPS) is 15.8. The monoisotopic (exact) mass is 344 g/mol. The quantitative estimate of drug-likeness (QED) is 0.576. The van der Waals surface area contributed by atoms with Crippen LogP contribution in [0.5, 0.6) is 0 Å². The summed E-state index contributed by atoms with van der Waals surface area (Å²) < 4.78 is 12.8. The Morgan fingerprint density at radius 2 is 1.48 bits per heavy atom. The van der Waals surface area contributed by atoms with Crippen LogP contribution in [-0.2, 0) is 8.85 Å². The summed E-state index contributed by atoms with van der Waals surface area (Å²) in [5, 5.41) is 0.762. The fraction of sp³-hybridized carbons (Fsp3) is 0.625. The lowest BCUT2D eigenvalue weighted by molar-refractivity contribution is 0.0407. The molecule has 1 rings (SSSR count). The molecule has 1 aromatic rings. The summed E-state index contributed by atoms with van der Waals surface area (Å²) in [5.41, 5.74) is 1.05. The molecular formula is C16H29ClO2Si2. The SMILES string of the molecule is CCC(O[Si](C)(C)C)[C@@H](O[Si](C)(C)C)c1ccccc1Cl. The molecule has 1 aromatic carbocycles. The van der Waals surface area contributed by atoms with Crippen LogP contribution >= 0.6 is 11.6 Å². The molecule has 0 radical (unpaired) electrons. The maximum absolute atomic E-state index is 6.46. The van der Waals surface area contributed by atoms with Gasteiger partial charge >= 0.3 is 0 Å². The van der Waals surface area contributed by atoms with Gasteiger partial charge in [0, 0.05) is 10.6 Å². The number of hydrogen-bond acceptors (Lipinski definition) is 2. The van der Waals surface area contributed by atoms with E-state index in [0.717, 1.165) is 17.0 Å². The van der Waals surface area contributed by atoms with Gasteiger partial charge in [0.05, 0.1) is 12.2 Å². The van der Waals surface area contributed by atoms with Crippen molar-refractivity contribution in [2.75, 3.05) is 0 Å². The molecule has 0 spiro atoms. The molecule has 0 aliphatic rings. The third-order valence-corrected chi connectivity index (χ3v) is 5.25. The number of benzene rings is 1. The molecule has 0 amide bonds. The van der Waals surface area contributed by atoms with Crippen molar-refractivity contribution in [2.24, 2.45) is 0 Å². The second kappa shape index (κ2) is 7.42. The number of hydrogen-bond donors (Lipinski definition) is 0. The van der Waals surface area contributed by atoms with E-state index in [4.69, 9.17) is 20.5 Å². The molecule has 0 fully saturated rings. The molecule has 1 unspecified atom stereocenters. The fourth-order valence-corrected chi connectivity index (χ4v) is 4.72. The lowest BCUT2D eigenvalue weighted by Gasteiger charge is -2.36. The van der Waals surface area contributed by atoms with E-state index in [9.17, 15) is 0 Å². The van der Waals surface area contributed by atoms with Gasteiger partial charge in [-0.2, -0.15) is 0 Å². The van der Waals surface area contributed by atoms with E-state index in [1.807, 2.05) is 18.2 Å². The Kier molecular flexibility index (Phi) is 6.68. The molecule has 0 N–H and O–H groups in total. The van der Waals surface area contributed by atoms with Gasteiger partial charge in [0.2, 0.25) is 0 Å². The average Bonchev–Trinajstić information content (AvgIpc) is 2.32. The van der Waals surface area contributed by atoms with Crippen molar-refractivity contribution in [2.45, 2.75) is 64.8 Å². The zero-order valence-electron chi connectivity index (χ0n) is 14.4. The largest absolute Gasteiger partial charge is 0.412 e. The molecule has 0 bridgehead atoms. The molecular weight excluding hydrogens is 316 g/mol. The van der Waals surface area contributed by atoms with Crippen molar-refractivity contribution >= 4 is 28.2 Å². The molecule has 0 heterocycles. The smallest absolute Gasteiger partial charge is 0.184 e. The first-order valence-corrected chi connectivity index (χ1v) is 14.8. The summed E-state index contributed by atoms with van der Waals surface area (Å²) in [6, 6.07) is 7.96.